The van der Waals surface area contributed by atoms with Crippen LogP contribution in [0.4, 0.5) is 11.6 Å². The van der Waals surface area contributed by atoms with Crippen molar-refractivity contribution in [3.63, 3.8) is 0 Å². The molecule has 0 aliphatic heterocycles. The normalized spacial score (nSPS) is 12.6. The average molecular weight is 281 g/mol. The van der Waals surface area contributed by atoms with Gasteiger partial charge in [-0.2, -0.15) is 0 Å². The monoisotopic (exact) mass is 281 g/mol. The third kappa shape index (κ3) is 4.31. The molecule has 0 spiro atoms. The maximum atomic E-state index is 9.17. The molecule has 0 radical (unpaired) electrons. The molecule has 6 heteroatoms. The summed E-state index contributed by atoms with van der Waals surface area (Å²) in [6, 6.07) is 0.175. The second-order valence-corrected chi connectivity index (χ2v) is 5.36. The molecule has 1 aromatic rings. The lowest BCUT2D eigenvalue weighted by molar-refractivity contribution is 0.267. The van der Waals surface area contributed by atoms with Crippen molar-refractivity contribution >= 4 is 11.6 Å². The molecule has 1 atom stereocenters. The fraction of sp³-hybridized carbons (Fsp3) is 0.714. The first-order valence-corrected chi connectivity index (χ1v) is 7.24. The molecule has 0 fully saturated rings. The van der Waals surface area contributed by atoms with Gasteiger partial charge in [-0.15, -0.1) is 0 Å². The number of anilines is 2. The van der Waals surface area contributed by atoms with Gasteiger partial charge in [0.15, 0.2) is 0 Å². The first-order valence-electron chi connectivity index (χ1n) is 7.24. The Balaban J connectivity index is 3.04. The zero-order valence-electron chi connectivity index (χ0n) is 12.9. The standard InChI is InChI=1S/C14H27N5O/c1-5-6-12-17-13(10(4)14(18-12)19-15)16-11(7-8-20)9(2)3/h9,11,20H,5-8,15H2,1-4H3,(H2,16,17,18,19). The van der Waals surface area contributed by atoms with Crippen molar-refractivity contribution in [1.29, 1.82) is 0 Å². The van der Waals surface area contributed by atoms with Gasteiger partial charge in [-0.25, -0.2) is 15.8 Å². The van der Waals surface area contributed by atoms with Crippen LogP contribution in [0.15, 0.2) is 0 Å². The third-order valence-electron chi connectivity index (χ3n) is 3.37. The second kappa shape index (κ2) is 8.01. The van der Waals surface area contributed by atoms with E-state index in [0.29, 0.717) is 18.2 Å². The Kier molecular flexibility index (Phi) is 6.67. The van der Waals surface area contributed by atoms with Crippen molar-refractivity contribution in [2.75, 3.05) is 17.3 Å². The van der Waals surface area contributed by atoms with Crippen molar-refractivity contribution in [2.45, 2.75) is 53.0 Å². The fourth-order valence-corrected chi connectivity index (χ4v) is 2.07. The van der Waals surface area contributed by atoms with Gasteiger partial charge in [-0.3, -0.25) is 0 Å². The Bertz CT molecular complexity index is 422. The molecule has 114 valence electrons. The maximum absolute atomic E-state index is 9.17. The van der Waals surface area contributed by atoms with Crippen LogP contribution < -0.4 is 16.6 Å². The second-order valence-electron chi connectivity index (χ2n) is 5.36. The van der Waals surface area contributed by atoms with Crippen molar-refractivity contribution in [1.82, 2.24) is 9.97 Å². The predicted molar refractivity (Wildman–Crippen MR) is 82.5 cm³/mol. The number of aromatic nitrogens is 2. The lowest BCUT2D eigenvalue weighted by atomic mass is 10.0. The van der Waals surface area contributed by atoms with Crippen LogP contribution in [0.1, 0.15) is 45.0 Å². The van der Waals surface area contributed by atoms with Crippen LogP contribution in [-0.2, 0) is 6.42 Å². The van der Waals surface area contributed by atoms with Crippen LogP contribution in [0.3, 0.4) is 0 Å². The molecule has 1 unspecified atom stereocenters. The molecule has 0 saturated carbocycles. The highest BCUT2D eigenvalue weighted by Crippen LogP contribution is 2.22. The predicted octanol–water partition coefficient (Wildman–Crippen LogP) is 1.84. The zero-order chi connectivity index (χ0) is 15.1. The van der Waals surface area contributed by atoms with Gasteiger partial charge in [-0.1, -0.05) is 20.8 Å². The number of hydrazine groups is 1. The van der Waals surface area contributed by atoms with E-state index < -0.39 is 0 Å². The molecule has 0 saturated heterocycles. The zero-order valence-corrected chi connectivity index (χ0v) is 12.9. The summed E-state index contributed by atoms with van der Waals surface area (Å²) in [5, 5.41) is 12.6. The van der Waals surface area contributed by atoms with E-state index in [2.05, 4.69) is 41.5 Å². The highest BCUT2D eigenvalue weighted by molar-refractivity contribution is 5.57. The number of aryl methyl sites for hydroxylation is 1. The van der Waals surface area contributed by atoms with E-state index in [4.69, 9.17) is 10.9 Å². The molecule has 20 heavy (non-hydrogen) atoms. The minimum absolute atomic E-state index is 0.157. The van der Waals surface area contributed by atoms with Crippen LogP contribution in [0.25, 0.3) is 0 Å². The van der Waals surface area contributed by atoms with Gasteiger partial charge in [-0.05, 0) is 25.7 Å². The van der Waals surface area contributed by atoms with Crippen LogP contribution in [0.2, 0.25) is 0 Å². The molecular formula is C14H27N5O. The molecule has 1 heterocycles. The Morgan fingerprint density at radius 3 is 2.40 bits per heavy atom. The molecular weight excluding hydrogens is 254 g/mol. The van der Waals surface area contributed by atoms with Crippen LogP contribution >= 0.6 is 0 Å². The largest absolute Gasteiger partial charge is 0.396 e. The first-order chi connectivity index (χ1) is 9.53. The quantitative estimate of drug-likeness (QED) is 0.429. The number of rotatable bonds is 8. The lowest BCUT2D eigenvalue weighted by Crippen LogP contribution is -2.28. The van der Waals surface area contributed by atoms with E-state index in [1.807, 2.05) is 6.92 Å². The van der Waals surface area contributed by atoms with Gasteiger partial charge in [0.25, 0.3) is 0 Å². The van der Waals surface area contributed by atoms with Gasteiger partial charge in [0.05, 0.1) is 0 Å². The SMILES string of the molecule is CCCc1nc(NN)c(C)c(NC(CCO)C(C)C)n1. The Labute approximate surface area is 121 Å². The molecule has 0 amide bonds. The van der Waals surface area contributed by atoms with Crippen LogP contribution in [0, 0.1) is 12.8 Å². The van der Waals surface area contributed by atoms with Gasteiger partial charge in [0.1, 0.15) is 17.5 Å². The number of nitrogen functional groups attached to an aromatic ring is 1. The van der Waals surface area contributed by atoms with Crippen molar-refractivity contribution in [3.8, 4) is 0 Å². The number of nitrogens with zero attached hydrogens (tertiary/aromatic N) is 2. The summed E-state index contributed by atoms with van der Waals surface area (Å²) in [5.74, 6) is 8.15. The molecule has 1 rings (SSSR count). The molecule has 0 bridgehead atoms. The average Bonchev–Trinajstić information content (AvgIpc) is 2.41. The molecule has 5 N–H and O–H groups in total. The summed E-state index contributed by atoms with van der Waals surface area (Å²) >= 11 is 0. The third-order valence-corrected chi connectivity index (χ3v) is 3.37. The molecule has 6 nitrogen and oxygen atoms in total. The van der Waals surface area contributed by atoms with Gasteiger partial charge >= 0.3 is 0 Å². The van der Waals surface area contributed by atoms with E-state index in [1.165, 1.54) is 0 Å². The highest BCUT2D eigenvalue weighted by atomic mass is 16.3. The molecule has 0 aromatic carbocycles. The summed E-state index contributed by atoms with van der Waals surface area (Å²) in [4.78, 5) is 8.98. The summed E-state index contributed by atoms with van der Waals surface area (Å²) in [6.45, 7) is 8.43. The van der Waals surface area contributed by atoms with Crippen molar-refractivity contribution < 1.29 is 5.11 Å². The summed E-state index contributed by atoms with van der Waals surface area (Å²) in [7, 11) is 0. The minimum Gasteiger partial charge on any atom is -0.396 e. The highest BCUT2D eigenvalue weighted by Gasteiger charge is 2.17. The van der Waals surface area contributed by atoms with Crippen molar-refractivity contribution in [2.24, 2.45) is 11.8 Å². The van der Waals surface area contributed by atoms with E-state index in [9.17, 15) is 0 Å². The first kappa shape index (κ1) is 16.7. The molecule has 1 aromatic heterocycles. The Morgan fingerprint density at radius 1 is 1.25 bits per heavy atom. The Hall–Kier alpha value is -1.40. The van der Waals surface area contributed by atoms with Gasteiger partial charge in [0.2, 0.25) is 0 Å². The fourth-order valence-electron chi connectivity index (χ4n) is 2.07. The summed E-state index contributed by atoms with van der Waals surface area (Å²) < 4.78 is 0. The summed E-state index contributed by atoms with van der Waals surface area (Å²) in [5.41, 5.74) is 3.53. The van der Waals surface area contributed by atoms with Gasteiger partial charge < -0.3 is 15.8 Å². The number of nitrogens with two attached hydrogens (primary N) is 1. The number of nitrogens with one attached hydrogen (secondary N) is 2. The Morgan fingerprint density at radius 2 is 1.90 bits per heavy atom. The van der Waals surface area contributed by atoms with E-state index in [-0.39, 0.29) is 12.6 Å². The number of hydrogen-bond donors (Lipinski definition) is 4. The molecule has 0 aliphatic rings. The minimum atomic E-state index is 0.157. The van der Waals surface area contributed by atoms with E-state index >= 15 is 0 Å². The number of aliphatic hydroxyl groups is 1. The van der Waals surface area contributed by atoms with Crippen molar-refractivity contribution in [3.05, 3.63) is 11.4 Å². The van der Waals surface area contributed by atoms with Gasteiger partial charge in [0, 0.05) is 24.6 Å². The lowest BCUT2D eigenvalue weighted by Gasteiger charge is -2.24. The summed E-state index contributed by atoms with van der Waals surface area (Å²) in [6.07, 6.45) is 2.49. The number of aliphatic hydroxyl groups excluding tert-OH is 1. The van der Waals surface area contributed by atoms with E-state index in [1.54, 1.807) is 0 Å². The number of hydrogen-bond acceptors (Lipinski definition) is 6. The van der Waals surface area contributed by atoms with Crippen LogP contribution in [-0.4, -0.2) is 27.7 Å². The maximum Gasteiger partial charge on any atom is 0.148 e. The molecule has 0 aliphatic carbocycles. The van der Waals surface area contributed by atoms with E-state index in [0.717, 1.165) is 30.0 Å². The topological polar surface area (TPSA) is 96.1 Å². The smallest absolute Gasteiger partial charge is 0.148 e. The van der Waals surface area contributed by atoms with Crippen LogP contribution in [0.5, 0.6) is 0 Å².